The molecule has 0 fully saturated rings. The van der Waals surface area contributed by atoms with Crippen molar-refractivity contribution < 1.29 is 9.15 Å². The second-order valence-corrected chi connectivity index (χ2v) is 7.54. The first-order valence-electron chi connectivity index (χ1n) is 10.2. The van der Waals surface area contributed by atoms with Crippen molar-refractivity contribution in [2.45, 2.75) is 13.5 Å². The Kier molecular flexibility index (Phi) is 5.11. The van der Waals surface area contributed by atoms with E-state index in [-0.39, 0.29) is 12.4 Å². The molecule has 0 saturated heterocycles. The molecular weight excluding hydrogens is 420 g/mol. The molecule has 0 spiro atoms. The van der Waals surface area contributed by atoms with Crippen LogP contribution in [0, 0.1) is 6.92 Å². The summed E-state index contributed by atoms with van der Waals surface area (Å²) < 4.78 is 13.6. The van der Waals surface area contributed by atoms with Crippen molar-refractivity contribution in [2.75, 3.05) is 11.1 Å². The summed E-state index contributed by atoms with van der Waals surface area (Å²) in [6.45, 7) is 2.23. The lowest BCUT2D eigenvalue weighted by molar-refractivity contribution is 0.479. The van der Waals surface area contributed by atoms with E-state index in [0.717, 1.165) is 33.8 Å². The third-order valence-electron chi connectivity index (χ3n) is 5.21. The summed E-state index contributed by atoms with van der Waals surface area (Å²) in [7, 11) is 1.96. The number of nitrogens with zero attached hydrogens (tertiary/aromatic N) is 5. The smallest absolute Gasteiger partial charge is 0.233 e. The number of ether oxygens (including phenoxy) is 1. The van der Waals surface area contributed by atoms with Crippen LogP contribution in [-0.4, -0.2) is 24.5 Å². The van der Waals surface area contributed by atoms with Gasteiger partial charge in [0.1, 0.15) is 41.3 Å². The van der Waals surface area contributed by atoms with Crippen molar-refractivity contribution in [3.63, 3.8) is 0 Å². The lowest BCUT2D eigenvalue weighted by Crippen LogP contribution is -2.03. The number of imidazole rings is 1. The highest BCUT2D eigenvalue weighted by molar-refractivity contribution is 5.81. The average molecular weight is 442 g/mol. The van der Waals surface area contributed by atoms with E-state index in [4.69, 9.17) is 20.6 Å². The molecule has 10 heteroatoms. The molecule has 5 N–H and O–H groups in total. The van der Waals surface area contributed by atoms with Gasteiger partial charge in [0, 0.05) is 25.3 Å². The first-order chi connectivity index (χ1) is 16.0. The quantitative estimate of drug-likeness (QED) is 0.356. The van der Waals surface area contributed by atoms with E-state index < -0.39 is 0 Å². The van der Waals surface area contributed by atoms with Crippen molar-refractivity contribution in [1.82, 2.24) is 24.5 Å². The average Bonchev–Trinajstić information content (AvgIpc) is 3.42. The van der Waals surface area contributed by atoms with Crippen LogP contribution in [0.3, 0.4) is 0 Å². The molecule has 0 radical (unpaired) electrons. The van der Waals surface area contributed by atoms with E-state index in [9.17, 15) is 0 Å². The molecule has 10 nitrogen and oxygen atoms in total. The van der Waals surface area contributed by atoms with Gasteiger partial charge in [-0.15, -0.1) is 0 Å². The number of benzene rings is 2. The topological polar surface area (TPSA) is 143 Å². The molecule has 0 aliphatic carbocycles. The van der Waals surface area contributed by atoms with Crippen LogP contribution in [0.4, 0.5) is 17.3 Å². The fourth-order valence-corrected chi connectivity index (χ4v) is 3.51. The molecule has 0 atom stereocenters. The van der Waals surface area contributed by atoms with Crippen LogP contribution in [0.25, 0.3) is 22.5 Å². The third kappa shape index (κ3) is 3.94. The van der Waals surface area contributed by atoms with Crippen molar-refractivity contribution in [3.05, 3.63) is 66.6 Å². The molecule has 0 aliphatic heterocycles. The van der Waals surface area contributed by atoms with E-state index >= 15 is 0 Å². The lowest BCUT2D eigenvalue weighted by Gasteiger charge is -2.13. The summed E-state index contributed by atoms with van der Waals surface area (Å²) in [5, 5.41) is 3.27. The number of aromatic nitrogens is 5. The molecule has 0 aliphatic rings. The van der Waals surface area contributed by atoms with Crippen molar-refractivity contribution in [3.8, 4) is 23.0 Å². The van der Waals surface area contributed by atoms with Gasteiger partial charge >= 0.3 is 0 Å². The van der Waals surface area contributed by atoms with Crippen LogP contribution in [0.1, 0.15) is 11.3 Å². The van der Waals surface area contributed by atoms with Gasteiger partial charge in [0.2, 0.25) is 5.89 Å². The zero-order chi connectivity index (χ0) is 22.9. The van der Waals surface area contributed by atoms with E-state index in [0.29, 0.717) is 23.0 Å². The SMILES string of the molecule is Cc1cc(Nc2ncnc(N)c2-c2nc(CN)co2)ccc1Oc1ccc2c(c1)ncn2C. The van der Waals surface area contributed by atoms with Crippen molar-refractivity contribution >= 4 is 28.4 Å². The van der Waals surface area contributed by atoms with Crippen LogP contribution in [0.2, 0.25) is 0 Å². The molecular formula is C23H22N8O2. The Morgan fingerprint density at radius 3 is 2.79 bits per heavy atom. The number of oxazole rings is 1. The number of rotatable bonds is 6. The van der Waals surface area contributed by atoms with E-state index in [1.807, 2.05) is 54.9 Å². The number of hydrogen-bond donors (Lipinski definition) is 3. The summed E-state index contributed by atoms with van der Waals surface area (Å²) in [5.41, 5.74) is 16.5. The van der Waals surface area contributed by atoms with Crippen LogP contribution < -0.4 is 21.5 Å². The van der Waals surface area contributed by atoms with E-state index in [1.165, 1.54) is 12.6 Å². The summed E-state index contributed by atoms with van der Waals surface area (Å²) >= 11 is 0. The molecule has 166 valence electrons. The van der Waals surface area contributed by atoms with E-state index in [1.54, 1.807) is 6.33 Å². The van der Waals surface area contributed by atoms with Gasteiger partial charge in [0.05, 0.1) is 23.1 Å². The first kappa shape index (κ1) is 20.5. The number of nitrogens with one attached hydrogen (secondary N) is 1. The summed E-state index contributed by atoms with van der Waals surface area (Å²) in [6, 6.07) is 11.6. The van der Waals surface area contributed by atoms with Gasteiger partial charge in [-0.05, 0) is 42.8 Å². The number of hydrogen-bond acceptors (Lipinski definition) is 9. The molecule has 0 unspecified atom stereocenters. The number of aryl methyl sites for hydroxylation is 2. The maximum Gasteiger partial charge on any atom is 0.233 e. The molecule has 3 heterocycles. The third-order valence-corrected chi connectivity index (χ3v) is 5.21. The Hall–Kier alpha value is -4.44. The Labute approximate surface area is 189 Å². The van der Waals surface area contributed by atoms with Gasteiger partial charge in [0.25, 0.3) is 0 Å². The standard InChI is InChI=1S/C23H22N8O2/c1-13-7-14(3-6-19(13)33-16-4-5-18-17(8-16)28-12-31(18)2)29-22-20(21(25)26-11-27-22)23-30-15(9-24)10-32-23/h3-8,10-12H,9,24H2,1-2H3,(H3,25,26,27,29). The maximum absolute atomic E-state index is 6.10. The van der Waals surface area contributed by atoms with Gasteiger partial charge in [-0.2, -0.15) is 0 Å². The highest BCUT2D eigenvalue weighted by atomic mass is 16.5. The Bertz CT molecular complexity index is 1460. The molecule has 2 aromatic carbocycles. The fourth-order valence-electron chi connectivity index (χ4n) is 3.51. The molecule has 0 saturated carbocycles. The summed E-state index contributed by atoms with van der Waals surface area (Å²) in [5.74, 6) is 2.48. The molecule has 3 aromatic heterocycles. The first-order valence-corrected chi connectivity index (χ1v) is 10.2. The van der Waals surface area contributed by atoms with Crippen LogP contribution >= 0.6 is 0 Å². The zero-order valence-electron chi connectivity index (χ0n) is 18.1. The highest BCUT2D eigenvalue weighted by Crippen LogP contribution is 2.34. The molecule has 0 bridgehead atoms. The Morgan fingerprint density at radius 1 is 1.12 bits per heavy atom. The largest absolute Gasteiger partial charge is 0.457 e. The van der Waals surface area contributed by atoms with Gasteiger partial charge in [-0.3, -0.25) is 0 Å². The van der Waals surface area contributed by atoms with Gasteiger partial charge in [-0.1, -0.05) is 0 Å². The normalized spacial score (nSPS) is 11.1. The van der Waals surface area contributed by atoms with Crippen LogP contribution in [-0.2, 0) is 13.6 Å². The van der Waals surface area contributed by atoms with E-state index in [2.05, 4.69) is 25.3 Å². The predicted molar refractivity (Wildman–Crippen MR) is 125 cm³/mol. The molecule has 5 rings (SSSR count). The minimum absolute atomic E-state index is 0.250. The minimum Gasteiger partial charge on any atom is -0.457 e. The van der Waals surface area contributed by atoms with Crippen LogP contribution in [0.15, 0.2) is 59.7 Å². The minimum atomic E-state index is 0.250. The lowest BCUT2D eigenvalue weighted by atomic mass is 10.2. The predicted octanol–water partition coefficient (Wildman–Crippen LogP) is 3.90. The Morgan fingerprint density at radius 2 is 2.00 bits per heavy atom. The zero-order valence-corrected chi connectivity index (χ0v) is 18.1. The van der Waals surface area contributed by atoms with Crippen LogP contribution in [0.5, 0.6) is 11.5 Å². The second-order valence-electron chi connectivity index (χ2n) is 7.54. The fraction of sp³-hybridized carbons (Fsp3) is 0.130. The van der Waals surface area contributed by atoms with Crippen molar-refractivity contribution in [2.24, 2.45) is 12.8 Å². The van der Waals surface area contributed by atoms with Gasteiger partial charge < -0.3 is 30.5 Å². The monoisotopic (exact) mass is 442 g/mol. The number of anilines is 3. The molecule has 33 heavy (non-hydrogen) atoms. The molecule has 5 aromatic rings. The maximum atomic E-state index is 6.10. The summed E-state index contributed by atoms with van der Waals surface area (Å²) in [6.07, 6.45) is 4.65. The highest BCUT2D eigenvalue weighted by Gasteiger charge is 2.18. The second kappa shape index (κ2) is 8.24. The number of nitrogens with two attached hydrogens (primary N) is 2. The number of fused-ring (bicyclic) bond motifs is 1. The summed E-state index contributed by atoms with van der Waals surface area (Å²) in [4.78, 5) is 17.1. The number of nitrogen functional groups attached to an aromatic ring is 1. The van der Waals surface area contributed by atoms with Gasteiger partial charge in [0.15, 0.2) is 0 Å². The van der Waals surface area contributed by atoms with Crippen molar-refractivity contribution in [1.29, 1.82) is 0 Å². The Balaban J connectivity index is 1.40. The van der Waals surface area contributed by atoms with Gasteiger partial charge in [-0.25, -0.2) is 19.9 Å². The molecule has 0 amide bonds.